The van der Waals surface area contributed by atoms with Crippen LogP contribution in [0.4, 0.5) is 0 Å². The molecule has 3 heterocycles. The number of nitrogens with one attached hydrogen (secondary N) is 1. The lowest BCUT2D eigenvalue weighted by Crippen LogP contribution is -2.55. The highest BCUT2D eigenvalue weighted by Gasteiger charge is 2.48. The van der Waals surface area contributed by atoms with Crippen LogP contribution in [0.5, 0.6) is 0 Å². The average molecular weight is 387 g/mol. The van der Waals surface area contributed by atoms with Gasteiger partial charge in [0, 0.05) is 60.0 Å². The number of imide groups is 1. The van der Waals surface area contributed by atoms with E-state index in [4.69, 9.17) is 4.74 Å². The lowest BCUT2D eigenvalue weighted by atomic mass is 9.72. The summed E-state index contributed by atoms with van der Waals surface area (Å²) < 4.78 is 6.22. The van der Waals surface area contributed by atoms with Crippen LogP contribution in [0.1, 0.15) is 0 Å². The summed E-state index contributed by atoms with van der Waals surface area (Å²) in [5.41, 5.74) is 4.28. The Bertz CT molecular complexity index is 1050. The van der Waals surface area contributed by atoms with E-state index in [0.717, 1.165) is 48.7 Å². The molecule has 6 heteroatoms. The maximum atomic E-state index is 13.4. The summed E-state index contributed by atoms with van der Waals surface area (Å²) in [5.74, 6) is 0.0959. The summed E-state index contributed by atoms with van der Waals surface area (Å²) in [6.07, 6.45) is 15.6. The van der Waals surface area contributed by atoms with Crippen molar-refractivity contribution in [2.75, 3.05) is 32.8 Å². The van der Waals surface area contributed by atoms with Crippen molar-refractivity contribution in [3.8, 4) is 0 Å². The summed E-state index contributed by atoms with van der Waals surface area (Å²) >= 11 is 0. The van der Waals surface area contributed by atoms with Gasteiger partial charge in [0.15, 0.2) is 0 Å². The van der Waals surface area contributed by atoms with Crippen molar-refractivity contribution >= 4 is 11.8 Å². The van der Waals surface area contributed by atoms with Crippen molar-refractivity contribution in [1.29, 1.82) is 0 Å². The van der Waals surface area contributed by atoms with Gasteiger partial charge in [-0.3, -0.25) is 19.4 Å². The van der Waals surface area contributed by atoms with E-state index in [9.17, 15) is 9.59 Å². The van der Waals surface area contributed by atoms with Crippen molar-refractivity contribution < 1.29 is 14.3 Å². The first-order valence-electron chi connectivity index (χ1n) is 10.1. The first-order chi connectivity index (χ1) is 14.2. The fourth-order valence-electron chi connectivity index (χ4n) is 4.92. The van der Waals surface area contributed by atoms with Crippen LogP contribution in [-0.4, -0.2) is 60.6 Å². The number of hydrogen-bond donors (Lipinski definition) is 1. The number of allylic oxidation sites excluding steroid dienone is 7. The van der Waals surface area contributed by atoms with Crippen LogP contribution in [0.25, 0.3) is 0 Å². The van der Waals surface area contributed by atoms with Gasteiger partial charge in [0.1, 0.15) is 11.9 Å². The van der Waals surface area contributed by atoms with Gasteiger partial charge in [0.25, 0.3) is 11.8 Å². The summed E-state index contributed by atoms with van der Waals surface area (Å²) in [6.45, 7) is 3.74. The van der Waals surface area contributed by atoms with Crippen molar-refractivity contribution in [1.82, 2.24) is 15.1 Å². The molecule has 6 nitrogen and oxygen atoms in total. The van der Waals surface area contributed by atoms with Crippen LogP contribution in [-0.2, 0) is 14.3 Å². The van der Waals surface area contributed by atoms with Gasteiger partial charge in [-0.1, -0.05) is 36.5 Å². The average Bonchev–Trinajstić information content (AvgIpc) is 3.14. The zero-order chi connectivity index (χ0) is 19.5. The van der Waals surface area contributed by atoms with Gasteiger partial charge in [-0.15, -0.1) is 0 Å². The summed E-state index contributed by atoms with van der Waals surface area (Å²) in [5, 5.41) is 3.31. The van der Waals surface area contributed by atoms with Crippen molar-refractivity contribution in [3.63, 3.8) is 0 Å². The molecule has 2 unspecified atom stereocenters. The Labute approximate surface area is 168 Å². The van der Waals surface area contributed by atoms with E-state index in [1.165, 1.54) is 4.90 Å². The Kier molecular flexibility index (Phi) is 3.66. The SMILES string of the molecule is O=C1C2=CC=CC3=C4OC5C=CC=CC5=C4C=C(C(=O)N1CN1CCNCC1)C23. The van der Waals surface area contributed by atoms with Crippen LogP contribution in [0.2, 0.25) is 0 Å². The molecule has 0 aromatic rings. The largest absolute Gasteiger partial charge is 0.481 e. The topological polar surface area (TPSA) is 61.9 Å². The van der Waals surface area contributed by atoms with E-state index in [-0.39, 0.29) is 23.8 Å². The number of piperazine rings is 1. The molecule has 6 aliphatic rings. The fraction of sp³-hybridized carbons (Fsp3) is 0.304. The number of carbonyl (C=O) groups is 2. The molecule has 3 aliphatic heterocycles. The lowest BCUT2D eigenvalue weighted by molar-refractivity contribution is -0.145. The summed E-state index contributed by atoms with van der Waals surface area (Å²) in [7, 11) is 0. The molecule has 2 saturated heterocycles. The number of likely N-dealkylation sites (tertiary alicyclic amines) is 1. The Morgan fingerprint density at radius 1 is 1.00 bits per heavy atom. The number of amides is 2. The van der Waals surface area contributed by atoms with E-state index in [1.54, 1.807) is 0 Å². The molecule has 0 aromatic heterocycles. The molecule has 3 aliphatic carbocycles. The minimum absolute atomic E-state index is 0.125. The van der Waals surface area contributed by atoms with E-state index in [1.807, 2.05) is 48.6 Å². The predicted octanol–water partition coefficient (Wildman–Crippen LogP) is 1.35. The molecule has 0 bridgehead atoms. The van der Waals surface area contributed by atoms with Gasteiger partial charge in [-0.2, -0.15) is 0 Å². The van der Waals surface area contributed by atoms with Crippen molar-refractivity contribution in [3.05, 3.63) is 82.2 Å². The number of fused-ring (bicyclic) bond motifs is 2. The fourth-order valence-corrected chi connectivity index (χ4v) is 4.92. The Morgan fingerprint density at radius 3 is 2.66 bits per heavy atom. The third-order valence-electron chi connectivity index (χ3n) is 6.36. The highest BCUT2D eigenvalue weighted by atomic mass is 16.5. The van der Waals surface area contributed by atoms with E-state index < -0.39 is 0 Å². The number of ether oxygens (including phenoxy) is 1. The van der Waals surface area contributed by atoms with E-state index in [2.05, 4.69) is 10.2 Å². The van der Waals surface area contributed by atoms with Crippen LogP contribution < -0.4 is 5.32 Å². The third-order valence-corrected chi connectivity index (χ3v) is 6.36. The quantitative estimate of drug-likeness (QED) is 0.725. The van der Waals surface area contributed by atoms with E-state index >= 15 is 0 Å². The molecule has 2 atom stereocenters. The second-order valence-electron chi connectivity index (χ2n) is 8.00. The van der Waals surface area contributed by atoms with Crippen LogP contribution in [0.3, 0.4) is 0 Å². The molecule has 2 amide bonds. The maximum Gasteiger partial charge on any atom is 0.258 e. The standard InChI is InChI=1S/C23H21N3O3/c27-22-16-6-3-5-15-20(16)18(23(28)26(22)13-25-10-8-24-9-11-25)12-17-14-4-1-2-7-19(14)29-21(15)17/h1-7,12,19-20,24H,8-11,13H2. The molecule has 2 fully saturated rings. The highest BCUT2D eigenvalue weighted by molar-refractivity contribution is 6.16. The monoisotopic (exact) mass is 387 g/mol. The maximum absolute atomic E-state index is 13.4. The molecule has 0 saturated carbocycles. The van der Waals surface area contributed by atoms with Crippen molar-refractivity contribution in [2.24, 2.45) is 5.92 Å². The molecule has 29 heavy (non-hydrogen) atoms. The smallest absolute Gasteiger partial charge is 0.258 e. The molecular weight excluding hydrogens is 366 g/mol. The van der Waals surface area contributed by atoms with Crippen LogP contribution in [0, 0.1) is 5.92 Å². The molecular formula is C23H21N3O3. The molecule has 0 aromatic carbocycles. The van der Waals surface area contributed by atoms with Crippen molar-refractivity contribution in [2.45, 2.75) is 6.10 Å². The van der Waals surface area contributed by atoms with E-state index in [0.29, 0.717) is 17.8 Å². The first-order valence-corrected chi connectivity index (χ1v) is 10.1. The third kappa shape index (κ3) is 2.42. The second-order valence-corrected chi connectivity index (χ2v) is 8.00. The molecule has 0 radical (unpaired) electrons. The van der Waals surface area contributed by atoms with Crippen LogP contribution >= 0.6 is 0 Å². The number of carbonyl (C=O) groups excluding carboxylic acids is 2. The van der Waals surface area contributed by atoms with Gasteiger partial charge in [-0.05, 0) is 12.2 Å². The molecule has 6 rings (SSSR count). The van der Waals surface area contributed by atoms with Gasteiger partial charge in [-0.25, -0.2) is 0 Å². The first kappa shape index (κ1) is 16.9. The number of nitrogens with zero attached hydrogens (tertiary/aromatic N) is 2. The number of hydrogen-bond acceptors (Lipinski definition) is 5. The highest BCUT2D eigenvalue weighted by Crippen LogP contribution is 2.49. The Morgan fingerprint density at radius 2 is 1.79 bits per heavy atom. The zero-order valence-electron chi connectivity index (χ0n) is 15.9. The zero-order valence-corrected chi connectivity index (χ0v) is 15.9. The van der Waals surface area contributed by atoms with Crippen LogP contribution in [0.15, 0.2) is 82.2 Å². The van der Waals surface area contributed by atoms with Gasteiger partial charge >= 0.3 is 0 Å². The number of rotatable bonds is 2. The van der Waals surface area contributed by atoms with Gasteiger partial charge in [0.2, 0.25) is 0 Å². The van der Waals surface area contributed by atoms with Gasteiger partial charge < -0.3 is 10.1 Å². The molecule has 146 valence electrons. The predicted molar refractivity (Wildman–Crippen MR) is 107 cm³/mol. The lowest BCUT2D eigenvalue weighted by Gasteiger charge is -2.40. The minimum Gasteiger partial charge on any atom is -0.481 e. The minimum atomic E-state index is -0.327. The molecule has 1 N–H and O–H groups in total. The molecule has 0 spiro atoms. The Balaban J connectivity index is 1.44. The normalized spacial score (nSPS) is 30.1. The summed E-state index contributed by atoms with van der Waals surface area (Å²) in [6, 6.07) is 0. The van der Waals surface area contributed by atoms with Gasteiger partial charge in [0.05, 0.1) is 6.67 Å². The summed E-state index contributed by atoms with van der Waals surface area (Å²) in [4.78, 5) is 30.3. The second kappa shape index (κ2) is 6.27. The number of piperidine rings is 1. The Hall–Kier alpha value is -2.96.